The number of anilines is 1. The highest BCUT2D eigenvalue weighted by Crippen LogP contribution is 2.26. The number of nitrogens with one attached hydrogen (secondary N) is 1. The van der Waals surface area contributed by atoms with Gasteiger partial charge in [0.15, 0.2) is 5.13 Å². The van der Waals surface area contributed by atoms with Crippen molar-refractivity contribution < 1.29 is 9.18 Å². The number of hydrogen-bond acceptors (Lipinski definition) is 3. The van der Waals surface area contributed by atoms with Crippen molar-refractivity contribution >= 4 is 32.7 Å². The number of hydrogen-bond donors (Lipinski definition) is 1. The minimum absolute atomic E-state index is 0.245. The van der Waals surface area contributed by atoms with E-state index in [-0.39, 0.29) is 11.8 Å². The van der Waals surface area contributed by atoms with E-state index >= 15 is 0 Å². The number of carbonyl (C=O) groups is 1. The number of carbonyl (C=O) groups excluding carboxylic acids is 1. The van der Waals surface area contributed by atoms with Gasteiger partial charge in [0.05, 0.1) is 10.2 Å². The molecule has 0 fully saturated rings. The SMILES string of the molecule is Cc1ccc(CN(C)C(=O)Nc2nc3ccc(F)cc3s2)cc1. The van der Waals surface area contributed by atoms with E-state index in [1.807, 2.05) is 31.2 Å². The Morgan fingerprint density at radius 2 is 2.00 bits per heavy atom. The lowest BCUT2D eigenvalue weighted by molar-refractivity contribution is 0.220. The fraction of sp³-hybridized carbons (Fsp3) is 0.176. The lowest BCUT2D eigenvalue weighted by atomic mass is 10.1. The molecule has 0 saturated carbocycles. The van der Waals surface area contributed by atoms with Gasteiger partial charge in [0, 0.05) is 13.6 Å². The van der Waals surface area contributed by atoms with E-state index in [0.717, 1.165) is 5.56 Å². The Labute approximate surface area is 137 Å². The van der Waals surface area contributed by atoms with Crippen molar-refractivity contribution in [2.24, 2.45) is 0 Å². The summed E-state index contributed by atoms with van der Waals surface area (Å²) in [6.45, 7) is 2.53. The van der Waals surface area contributed by atoms with Crippen LogP contribution >= 0.6 is 11.3 Å². The molecule has 0 saturated heterocycles. The number of urea groups is 1. The fourth-order valence-electron chi connectivity index (χ4n) is 2.18. The summed E-state index contributed by atoms with van der Waals surface area (Å²) in [6.07, 6.45) is 0. The number of thiazole rings is 1. The van der Waals surface area contributed by atoms with Gasteiger partial charge in [0.1, 0.15) is 5.82 Å². The van der Waals surface area contributed by atoms with Gasteiger partial charge < -0.3 is 4.90 Å². The molecule has 0 atom stereocenters. The topological polar surface area (TPSA) is 45.2 Å². The minimum Gasteiger partial charge on any atom is -0.323 e. The number of benzene rings is 2. The normalized spacial score (nSPS) is 10.7. The van der Waals surface area contributed by atoms with Crippen molar-refractivity contribution in [1.82, 2.24) is 9.88 Å². The molecular formula is C17H16FN3OS. The smallest absolute Gasteiger partial charge is 0.323 e. The van der Waals surface area contributed by atoms with Crippen LogP contribution in [0.2, 0.25) is 0 Å². The monoisotopic (exact) mass is 329 g/mol. The van der Waals surface area contributed by atoms with Crippen molar-refractivity contribution in [2.75, 3.05) is 12.4 Å². The van der Waals surface area contributed by atoms with Gasteiger partial charge >= 0.3 is 6.03 Å². The van der Waals surface area contributed by atoms with Crippen LogP contribution in [0.5, 0.6) is 0 Å². The summed E-state index contributed by atoms with van der Waals surface area (Å²) in [5.41, 5.74) is 2.91. The van der Waals surface area contributed by atoms with Crippen LogP contribution in [0.4, 0.5) is 14.3 Å². The van der Waals surface area contributed by atoms with Gasteiger partial charge in [-0.15, -0.1) is 0 Å². The molecule has 3 aromatic rings. The number of halogens is 1. The van der Waals surface area contributed by atoms with Crippen molar-refractivity contribution in [2.45, 2.75) is 13.5 Å². The van der Waals surface area contributed by atoms with Crippen LogP contribution in [-0.4, -0.2) is 23.0 Å². The van der Waals surface area contributed by atoms with E-state index in [9.17, 15) is 9.18 Å². The van der Waals surface area contributed by atoms with Gasteiger partial charge in [-0.25, -0.2) is 14.2 Å². The van der Waals surface area contributed by atoms with Crippen LogP contribution in [0.15, 0.2) is 42.5 Å². The highest BCUT2D eigenvalue weighted by Gasteiger charge is 2.12. The van der Waals surface area contributed by atoms with Crippen LogP contribution in [-0.2, 0) is 6.54 Å². The Morgan fingerprint density at radius 3 is 2.74 bits per heavy atom. The van der Waals surface area contributed by atoms with Gasteiger partial charge in [-0.3, -0.25) is 5.32 Å². The molecule has 23 heavy (non-hydrogen) atoms. The number of amides is 2. The molecule has 2 amide bonds. The first kappa shape index (κ1) is 15.4. The Kier molecular flexibility index (Phi) is 4.25. The minimum atomic E-state index is -0.310. The van der Waals surface area contributed by atoms with E-state index in [1.54, 1.807) is 18.0 Å². The molecule has 3 rings (SSSR count). The van der Waals surface area contributed by atoms with Crippen molar-refractivity contribution in [3.8, 4) is 0 Å². The Hall–Kier alpha value is -2.47. The second-order valence-electron chi connectivity index (χ2n) is 5.40. The lowest BCUT2D eigenvalue weighted by Gasteiger charge is -2.17. The molecule has 0 unspecified atom stereocenters. The Balaban J connectivity index is 1.68. The van der Waals surface area contributed by atoms with Crippen molar-refractivity contribution in [1.29, 1.82) is 0 Å². The Bertz CT molecular complexity index is 845. The maximum absolute atomic E-state index is 13.2. The average Bonchev–Trinajstić information content (AvgIpc) is 2.90. The van der Waals surface area contributed by atoms with Crippen LogP contribution in [0, 0.1) is 12.7 Å². The van der Waals surface area contributed by atoms with Crippen LogP contribution in [0.1, 0.15) is 11.1 Å². The molecular weight excluding hydrogens is 313 g/mol. The summed E-state index contributed by atoms with van der Waals surface area (Å²) in [4.78, 5) is 18.1. The summed E-state index contributed by atoms with van der Waals surface area (Å²) in [6, 6.07) is 12.2. The van der Waals surface area contributed by atoms with Crippen LogP contribution in [0.3, 0.4) is 0 Å². The number of fused-ring (bicyclic) bond motifs is 1. The first-order chi connectivity index (χ1) is 11.0. The number of rotatable bonds is 3. The molecule has 0 aliphatic carbocycles. The van der Waals surface area contributed by atoms with Gasteiger partial charge in [0.25, 0.3) is 0 Å². The van der Waals surface area contributed by atoms with Gasteiger partial charge in [-0.05, 0) is 30.7 Å². The number of aromatic nitrogens is 1. The number of aryl methyl sites for hydroxylation is 1. The maximum Gasteiger partial charge on any atom is 0.323 e. The third kappa shape index (κ3) is 3.65. The van der Waals surface area contributed by atoms with E-state index in [4.69, 9.17) is 0 Å². The van der Waals surface area contributed by atoms with Crippen molar-refractivity contribution in [3.63, 3.8) is 0 Å². The highest BCUT2D eigenvalue weighted by atomic mass is 32.1. The first-order valence-electron chi connectivity index (χ1n) is 7.15. The second kappa shape index (κ2) is 6.34. The van der Waals surface area contributed by atoms with E-state index in [1.165, 1.54) is 29.0 Å². The molecule has 118 valence electrons. The molecule has 0 bridgehead atoms. The molecule has 0 aliphatic heterocycles. The van der Waals surface area contributed by atoms with E-state index in [2.05, 4.69) is 10.3 Å². The zero-order valence-electron chi connectivity index (χ0n) is 12.8. The highest BCUT2D eigenvalue weighted by molar-refractivity contribution is 7.22. The van der Waals surface area contributed by atoms with Crippen LogP contribution in [0.25, 0.3) is 10.2 Å². The molecule has 1 N–H and O–H groups in total. The standard InChI is InChI=1S/C17H16FN3OS/c1-11-3-5-12(6-4-11)10-21(2)17(22)20-16-19-14-8-7-13(18)9-15(14)23-16/h3-9H,10H2,1-2H3,(H,19,20,22). The van der Waals surface area contributed by atoms with Crippen molar-refractivity contribution in [3.05, 3.63) is 59.4 Å². The summed E-state index contributed by atoms with van der Waals surface area (Å²) in [7, 11) is 1.72. The maximum atomic E-state index is 13.2. The molecule has 0 spiro atoms. The zero-order valence-corrected chi connectivity index (χ0v) is 13.7. The summed E-state index contributed by atoms with van der Waals surface area (Å²) in [5.74, 6) is -0.310. The largest absolute Gasteiger partial charge is 0.323 e. The molecule has 0 radical (unpaired) electrons. The third-order valence-corrected chi connectivity index (χ3v) is 4.38. The lowest BCUT2D eigenvalue weighted by Crippen LogP contribution is -2.30. The summed E-state index contributed by atoms with van der Waals surface area (Å²) < 4.78 is 13.9. The second-order valence-corrected chi connectivity index (χ2v) is 6.43. The van der Waals surface area contributed by atoms with Crippen LogP contribution < -0.4 is 5.32 Å². The molecule has 2 aromatic carbocycles. The Morgan fingerprint density at radius 1 is 1.26 bits per heavy atom. The van der Waals surface area contributed by atoms with E-state index in [0.29, 0.717) is 21.9 Å². The molecule has 1 aromatic heterocycles. The third-order valence-electron chi connectivity index (χ3n) is 3.45. The zero-order chi connectivity index (χ0) is 16.4. The average molecular weight is 329 g/mol. The number of nitrogens with zero attached hydrogens (tertiary/aromatic N) is 2. The van der Waals surface area contributed by atoms with E-state index < -0.39 is 0 Å². The fourth-order valence-corrected chi connectivity index (χ4v) is 3.06. The first-order valence-corrected chi connectivity index (χ1v) is 7.97. The van der Waals surface area contributed by atoms with Gasteiger partial charge in [-0.2, -0.15) is 0 Å². The predicted molar refractivity (Wildman–Crippen MR) is 91.2 cm³/mol. The van der Waals surface area contributed by atoms with Gasteiger partial charge in [-0.1, -0.05) is 41.2 Å². The molecule has 1 heterocycles. The molecule has 6 heteroatoms. The molecule has 4 nitrogen and oxygen atoms in total. The predicted octanol–water partition coefficient (Wildman–Crippen LogP) is 4.41. The summed E-state index contributed by atoms with van der Waals surface area (Å²) in [5, 5.41) is 3.22. The summed E-state index contributed by atoms with van der Waals surface area (Å²) >= 11 is 1.26. The quantitative estimate of drug-likeness (QED) is 0.774. The molecule has 0 aliphatic rings. The van der Waals surface area contributed by atoms with Gasteiger partial charge in [0.2, 0.25) is 0 Å².